The molecule has 0 aliphatic carbocycles. The summed E-state index contributed by atoms with van der Waals surface area (Å²) in [4.78, 5) is 14.1. The van der Waals surface area contributed by atoms with Gasteiger partial charge in [0, 0.05) is 47.4 Å². The maximum Gasteiger partial charge on any atom is 3.00 e. The first-order chi connectivity index (χ1) is 33.3. The van der Waals surface area contributed by atoms with E-state index < -0.39 is 11.6 Å². The van der Waals surface area contributed by atoms with Gasteiger partial charge in [-0.1, -0.05) is 103 Å². The van der Waals surface area contributed by atoms with E-state index in [9.17, 15) is 8.78 Å². The van der Waals surface area contributed by atoms with E-state index in [0.29, 0.717) is 70.6 Å². The standard InChI is InChI=1S/C61H40F4N3.Ir/c62-51-25-21-48(22-26-51)58-29-15-40(37-66-58)11-13-42-31-43(14-12-41-16-30-59(67-38-41)49-23-27-52(63)28-24-49)33-50(32-42)55-34-53(64)35-57(65)61(55)56-39-68-60(47-9-5-2-6-10-47)36-54(56)46-19-17-45(18-20-46)44-7-3-1-4-8-44;/h1-9,15-21,23,25-39H,11-14H2;/q-3;+3. The van der Waals surface area contributed by atoms with Gasteiger partial charge in [-0.15, -0.1) is 95.6 Å². The quantitative estimate of drug-likeness (QED) is 0.0853. The number of halogens is 4. The molecule has 0 aliphatic rings. The van der Waals surface area contributed by atoms with Crippen molar-refractivity contribution in [2.45, 2.75) is 25.7 Å². The summed E-state index contributed by atoms with van der Waals surface area (Å²) in [6, 6.07) is 61.9. The maximum atomic E-state index is 16.8. The van der Waals surface area contributed by atoms with Crippen LogP contribution in [0.3, 0.4) is 0 Å². The van der Waals surface area contributed by atoms with Gasteiger partial charge in [0.25, 0.3) is 0 Å². The predicted molar refractivity (Wildman–Crippen MR) is 262 cm³/mol. The summed E-state index contributed by atoms with van der Waals surface area (Å²) >= 11 is 0. The molecule has 3 aromatic heterocycles. The van der Waals surface area contributed by atoms with Crippen LogP contribution in [0, 0.1) is 41.5 Å². The number of hydrogen-bond acceptors (Lipinski definition) is 3. The van der Waals surface area contributed by atoms with E-state index >= 15 is 8.78 Å². The number of pyridine rings is 3. The van der Waals surface area contributed by atoms with Crippen molar-refractivity contribution >= 4 is 0 Å². The monoisotopic (exact) mass is 1080 g/mol. The van der Waals surface area contributed by atoms with Crippen LogP contribution in [-0.2, 0) is 45.8 Å². The van der Waals surface area contributed by atoms with Crippen LogP contribution in [0.15, 0.2) is 195 Å². The molecule has 0 atom stereocenters. The Morgan fingerprint density at radius 1 is 0.362 bits per heavy atom. The van der Waals surface area contributed by atoms with Crippen molar-refractivity contribution in [2.75, 3.05) is 0 Å². The third-order valence-corrected chi connectivity index (χ3v) is 12.0. The zero-order chi connectivity index (χ0) is 46.4. The summed E-state index contributed by atoms with van der Waals surface area (Å²) < 4.78 is 59.7. The first kappa shape index (κ1) is 46.5. The minimum atomic E-state index is -0.705. The van der Waals surface area contributed by atoms with Gasteiger partial charge in [0.2, 0.25) is 0 Å². The molecule has 10 rings (SSSR count). The smallest absolute Gasteiger partial charge is 0.304 e. The van der Waals surface area contributed by atoms with Crippen molar-refractivity contribution in [1.29, 1.82) is 0 Å². The van der Waals surface area contributed by atoms with Crippen LogP contribution in [-0.4, -0.2) is 15.0 Å². The normalized spacial score (nSPS) is 11.0. The summed E-state index contributed by atoms with van der Waals surface area (Å²) in [7, 11) is 0. The number of aromatic nitrogens is 3. The van der Waals surface area contributed by atoms with E-state index in [0.717, 1.165) is 56.1 Å². The maximum absolute atomic E-state index is 16.8. The van der Waals surface area contributed by atoms with Crippen LogP contribution in [0.2, 0.25) is 0 Å². The molecule has 69 heavy (non-hydrogen) atoms. The van der Waals surface area contributed by atoms with E-state index in [-0.39, 0.29) is 37.3 Å². The number of nitrogens with zero attached hydrogens (tertiary/aromatic N) is 3. The van der Waals surface area contributed by atoms with E-state index in [1.807, 2.05) is 109 Å². The molecule has 0 spiro atoms. The molecule has 0 saturated heterocycles. The third kappa shape index (κ3) is 10.9. The van der Waals surface area contributed by atoms with Gasteiger partial charge in [0.1, 0.15) is 11.6 Å². The van der Waals surface area contributed by atoms with E-state index in [1.165, 1.54) is 30.3 Å². The number of hydrogen-bond donors (Lipinski definition) is 0. The van der Waals surface area contributed by atoms with Crippen LogP contribution in [0.1, 0.15) is 22.3 Å². The summed E-state index contributed by atoms with van der Waals surface area (Å²) in [5.41, 5.74) is 13.7. The van der Waals surface area contributed by atoms with Crippen molar-refractivity contribution in [1.82, 2.24) is 15.0 Å². The second-order valence-electron chi connectivity index (χ2n) is 16.6. The van der Waals surface area contributed by atoms with Crippen LogP contribution in [0.4, 0.5) is 17.6 Å². The Balaban J connectivity index is 0.00000593. The predicted octanol–water partition coefficient (Wildman–Crippen LogP) is 15.1. The first-order valence-corrected chi connectivity index (χ1v) is 22.3. The molecule has 336 valence electrons. The van der Waals surface area contributed by atoms with E-state index in [4.69, 9.17) is 4.98 Å². The molecular weight excluding hydrogens is 1040 g/mol. The van der Waals surface area contributed by atoms with Crippen LogP contribution in [0.25, 0.3) is 78.3 Å². The molecule has 8 heteroatoms. The first-order valence-electron chi connectivity index (χ1n) is 22.3. The second-order valence-corrected chi connectivity index (χ2v) is 16.6. The average Bonchev–Trinajstić information content (AvgIpc) is 3.38. The minimum absolute atomic E-state index is 0. The average molecular weight is 1080 g/mol. The fourth-order valence-corrected chi connectivity index (χ4v) is 8.52. The Morgan fingerprint density at radius 3 is 1.46 bits per heavy atom. The molecule has 0 radical (unpaired) electrons. The van der Waals surface area contributed by atoms with E-state index in [2.05, 4.69) is 58.5 Å². The Morgan fingerprint density at radius 2 is 0.913 bits per heavy atom. The van der Waals surface area contributed by atoms with Crippen molar-refractivity contribution in [3.05, 3.63) is 258 Å². The van der Waals surface area contributed by atoms with Crippen molar-refractivity contribution < 1.29 is 37.7 Å². The molecule has 0 aliphatic heterocycles. The van der Waals surface area contributed by atoms with E-state index in [1.54, 1.807) is 18.3 Å². The van der Waals surface area contributed by atoms with Gasteiger partial charge in [-0.25, -0.2) is 8.78 Å². The molecule has 0 fully saturated rings. The molecule has 0 bridgehead atoms. The molecule has 0 unspecified atom stereocenters. The zero-order valence-electron chi connectivity index (χ0n) is 37.0. The number of benzene rings is 7. The SMILES string of the molecule is Fc1c[c-]c(-c2ccc(CCc3cc(CCc4ccc(-c5[c-]cc(F)cc5)nc4)cc(-c4cc(F)cc(F)c4-c4cnc(-c5[c-]cccc5)cc4-c4ccc(-c5ccccc5)cc4)c3)cn2)cc1.[Ir+3]. The molecular formula is C61H40F4IrN3. The van der Waals surface area contributed by atoms with Gasteiger partial charge in [0.15, 0.2) is 0 Å². The molecule has 7 aromatic carbocycles. The number of aryl methyl sites for hydroxylation is 4. The van der Waals surface area contributed by atoms with Gasteiger partial charge in [-0.3, -0.25) is 8.78 Å². The summed E-state index contributed by atoms with van der Waals surface area (Å²) in [5, 5.41) is 0. The molecule has 0 saturated carbocycles. The minimum Gasteiger partial charge on any atom is -0.304 e. The topological polar surface area (TPSA) is 38.7 Å². The molecule has 3 heterocycles. The molecule has 10 aromatic rings. The fourth-order valence-electron chi connectivity index (χ4n) is 8.52. The van der Waals surface area contributed by atoms with Gasteiger partial charge in [-0.2, -0.15) is 0 Å². The van der Waals surface area contributed by atoms with Gasteiger partial charge in [0.05, 0.1) is 0 Å². The third-order valence-electron chi connectivity index (χ3n) is 12.0. The molecule has 0 N–H and O–H groups in total. The summed E-state index contributed by atoms with van der Waals surface area (Å²) in [6.45, 7) is 0. The van der Waals surface area contributed by atoms with Crippen LogP contribution in [0.5, 0.6) is 0 Å². The van der Waals surface area contributed by atoms with Crippen LogP contribution < -0.4 is 0 Å². The molecule has 3 nitrogen and oxygen atoms in total. The Kier molecular flexibility index (Phi) is 14.2. The van der Waals surface area contributed by atoms with Gasteiger partial charge in [-0.05, 0) is 104 Å². The fraction of sp³-hybridized carbons (Fsp3) is 0.0656. The summed E-state index contributed by atoms with van der Waals surface area (Å²) in [5.74, 6) is -2.12. The van der Waals surface area contributed by atoms with Gasteiger partial charge >= 0.3 is 20.1 Å². The van der Waals surface area contributed by atoms with Crippen molar-refractivity contribution in [3.63, 3.8) is 0 Å². The Hall–Kier alpha value is -7.64. The van der Waals surface area contributed by atoms with Crippen LogP contribution >= 0.6 is 0 Å². The Bertz CT molecular complexity index is 3220. The number of rotatable bonds is 13. The van der Waals surface area contributed by atoms with Gasteiger partial charge < -0.3 is 15.0 Å². The Labute approximate surface area is 412 Å². The van der Waals surface area contributed by atoms with Crippen molar-refractivity contribution in [2.24, 2.45) is 0 Å². The largest absolute Gasteiger partial charge is 3.00 e. The summed E-state index contributed by atoms with van der Waals surface area (Å²) in [6.07, 6.45) is 7.83. The molecule has 0 amide bonds. The van der Waals surface area contributed by atoms with Crippen molar-refractivity contribution in [3.8, 4) is 78.3 Å². The zero-order valence-corrected chi connectivity index (χ0v) is 39.4. The second kappa shape index (κ2) is 21.1.